The maximum absolute atomic E-state index is 11.8. The number of hydrogen-bond acceptors (Lipinski definition) is 6. The Kier molecular flexibility index (Phi) is 6.03. The molecule has 36 heavy (non-hydrogen) atoms. The Bertz CT molecular complexity index is 932. The van der Waals surface area contributed by atoms with Gasteiger partial charge in [-0.25, -0.2) is 0 Å². The molecule has 6 N–H and O–H groups in total. The highest BCUT2D eigenvalue weighted by atomic mass is 16.3. The molecule has 206 valence electrons. The number of aliphatic hydroxyl groups excluding tert-OH is 6. The maximum atomic E-state index is 11.8. The zero-order chi connectivity index (χ0) is 26.7. The minimum atomic E-state index is -1.32. The molecule has 5 aliphatic carbocycles. The maximum Gasteiger partial charge on any atom is 0.0914 e. The van der Waals surface area contributed by atoms with Crippen molar-refractivity contribution in [1.82, 2.24) is 0 Å². The first-order valence-corrected chi connectivity index (χ1v) is 14.2. The molecule has 4 saturated carbocycles. The lowest BCUT2D eigenvalue weighted by Crippen LogP contribution is -2.72. The van der Waals surface area contributed by atoms with Crippen LogP contribution in [0.1, 0.15) is 86.5 Å². The third-order valence-corrected chi connectivity index (χ3v) is 13.6. The molecule has 5 aliphatic rings. The standard InChI is InChI=1S/C30H50O6/c1-25(2)19-9-12-28(5)20(27(19,4)11-10-21(25)33)8-7-17-18-13-26(3,15-31)23(35)24(36)30(18,16-32)22(34)14-29(17,28)6/h7,18-24,31-36H,8-16H2,1-6H3/t18-,19+,20+,21-,22+,23-,24-,26+,27-,28+,29+,30-/m0/s1. The van der Waals surface area contributed by atoms with Crippen LogP contribution in [0.5, 0.6) is 0 Å². The van der Waals surface area contributed by atoms with Gasteiger partial charge in [0.1, 0.15) is 0 Å². The van der Waals surface area contributed by atoms with Gasteiger partial charge >= 0.3 is 0 Å². The monoisotopic (exact) mass is 506 g/mol. The van der Waals surface area contributed by atoms with Crippen molar-refractivity contribution in [3.63, 3.8) is 0 Å². The van der Waals surface area contributed by atoms with Crippen LogP contribution in [0.25, 0.3) is 0 Å². The molecular weight excluding hydrogens is 456 g/mol. The third kappa shape index (κ3) is 2.95. The summed E-state index contributed by atoms with van der Waals surface area (Å²) in [5.41, 5.74) is -1.41. The highest BCUT2D eigenvalue weighted by molar-refractivity contribution is 5.36. The molecule has 0 bridgehead atoms. The van der Waals surface area contributed by atoms with E-state index in [4.69, 9.17) is 0 Å². The number of rotatable bonds is 2. The van der Waals surface area contributed by atoms with Gasteiger partial charge in [-0.2, -0.15) is 0 Å². The minimum Gasteiger partial charge on any atom is -0.396 e. The molecule has 0 unspecified atom stereocenters. The van der Waals surface area contributed by atoms with Crippen molar-refractivity contribution in [2.24, 2.45) is 50.2 Å². The van der Waals surface area contributed by atoms with Gasteiger partial charge in [0.2, 0.25) is 0 Å². The van der Waals surface area contributed by atoms with E-state index in [1.165, 1.54) is 5.57 Å². The number of fused-ring (bicyclic) bond motifs is 7. The van der Waals surface area contributed by atoms with Crippen LogP contribution in [0.15, 0.2) is 11.6 Å². The summed E-state index contributed by atoms with van der Waals surface area (Å²) in [6.07, 6.45) is 4.20. The number of hydrogen-bond donors (Lipinski definition) is 6. The van der Waals surface area contributed by atoms with E-state index in [0.717, 1.165) is 32.1 Å². The van der Waals surface area contributed by atoms with E-state index in [9.17, 15) is 30.6 Å². The van der Waals surface area contributed by atoms with Gasteiger partial charge < -0.3 is 30.6 Å². The SMILES string of the molecule is CC1(C)[C@H]2CC[C@]3(C)[C@H](CC=C4[C@@H]5C[C@](C)(CO)[C@@H](O)[C@H](O)[C@]5(CO)[C@H](O)C[C@]43C)[C@@]2(C)CC[C@@H]1O. The Morgan fingerprint density at radius 2 is 1.44 bits per heavy atom. The van der Waals surface area contributed by atoms with Gasteiger partial charge in [-0.3, -0.25) is 0 Å². The van der Waals surface area contributed by atoms with Crippen molar-refractivity contribution in [1.29, 1.82) is 0 Å². The van der Waals surface area contributed by atoms with Crippen molar-refractivity contribution in [3.05, 3.63) is 11.6 Å². The normalized spacial score (nSPS) is 58.1. The summed E-state index contributed by atoms with van der Waals surface area (Å²) in [5.74, 6) is 0.515. The van der Waals surface area contributed by atoms with E-state index >= 15 is 0 Å². The Hall–Kier alpha value is -0.500. The lowest BCUT2D eigenvalue weighted by Gasteiger charge is -2.72. The van der Waals surface area contributed by atoms with Gasteiger partial charge in [-0.1, -0.05) is 53.2 Å². The first kappa shape index (κ1) is 27.1. The van der Waals surface area contributed by atoms with Crippen LogP contribution in [-0.4, -0.2) is 68.3 Å². The van der Waals surface area contributed by atoms with E-state index in [1.54, 1.807) is 6.92 Å². The van der Waals surface area contributed by atoms with Gasteiger partial charge in [0, 0.05) is 5.41 Å². The van der Waals surface area contributed by atoms with Crippen molar-refractivity contribution in [2.45, 2.75) is 111 Å². The summed E-state index contributed by atoms with van der Waals surface area (Å²) in [7, 11) is 0. The summed E-state index contributed by atoms with van der Waals surface area (Å²) in [5, 5.41) is 66.0. The fraction of sp³-hybridized carbons (Fsp3) is 0.933. The Morgan fingerprint density at radius 3 is 2.06 bits per heavy atom. The molecule has 12 atom stereocenters. The van der Waals surface area contributed by atoms with Crippen LogP contribution in [0, 0.1) is 50.2 Å². The highest BCUT2D eigenvalue weighted by Crippen LogP contribution is 2.75. The topological polar surface area (TPSA) is 121 Å². The first-order chi connectivity index (χ1) is 16.6. The van der Waals surface area contributed by atoms with Gasteiger partial charge in [0.05, 0.1) is 43.0 Å². The largest absolute Gasteiger partial charge is 0.396 e. The van der Waals surface area contributed by atoms with Gasteiger partial charge in [0.25, 0.3) is 0 Å². The second-order valence-corrected chi connectivity index (χ2v) is 15.1. The van der Waals surface area contributed by atoms with Crippen LogP contribution in [0.2, 0.25) is 0 Å². The van der Waals surface area contributed by atoms with Gasteiger partial charge in [-0.05, 0) is 84.4 Å². The van der Waals surface area contributed by atoms with Crippen LogP contribution in [-0.2, 0) is 0 Å². The Morgan fingerprint density at radius 1 is 0.778 bits per heavy atom. The molecule has 6 heteroatoms. The highest BCUT2D eigenvalue weighted by Gasteiger charge is 2.72. The molecule has 4 fully saturated rings. The quantitative estimate of drug-likeness (QED) is 0.320. The molecule has 0 aromatic carbocycles. The Balaban J connectivity index is 1.63. The molecule has 0 amide bonds. The molecule has 5 rings (SSSR count). The van der Waals surface area contributed by atoms with Crippen molar-refractivity contribution >= 4 is 0 Å². The smallest absolute Gasteiger partial charge is 0.0914 e. The summed E-state index contributed by atoms with van der Waals surface area (Å²) in [6, 6.07) is 0. The number of aliphatic hydroxyl groups is 6. The third-order valence-electron chi connectivity index (χ3n) is 13.6. The van der Waals surface area contributed by atoms with Crippen LogP contribution in [0.4, 0.5) is 0 Å². The molecule has 0 aliphatic heterocycles. The average Bonchev–Trinajstić information content (AvgIpc) is 2.81. The zero-order valence-electron chi connectivity index (χ0n) is 23.2. The number of allylic oxidation sites excluding steroid dienone is 2. The van der Waals surface area contributed by atoms with Crippen LogP contribution < -0.4 is 0 Å². The fourth-order valence-corrected chi connectivity index (χ4v) is 10.9. The predicted molar refractivity (Wildman–Crippen MR) is 138 cm³/mol. The second-order valence-electron chi connectivity index (χ2n) is 15.1. The van der Waals surface area contributed by atoms with Crippen molar-refractivity contribution in [2.75, 3.05) is 13.2 Å². The fourth-order valence-electron chi connectivity index (χ4n) is 10.9. The molecule has 0 saturated heterocycles. The van der Waals surface area contributed by atoms with Crippen LogP contribution >= 0.6 is 0 Å². The molecular formula is C30H50O6. The van der Waals surface area contributed by atoms with E-state index < -0.39 is 35.7 Å². The predicted octanol–water partition coefficient (Wildman–Crippen LogP) is 3.03. The lowest BCUT2D eigenvalue weighted by atomic mass is 9.33. The van der Waals surface area contributed by atoms with E-state index in [0.29, 0.717) is 24.7 Å². The van der Waals surface area contributed by atoms with Crippen molar-refractivity contribution in [3.8, 4) is 0 Å². The Labute approximate surface area is 216 Å². The van der Waals surface area contributed by atoms with E-state index in [1.807, 2.05) is 0 Å². The summed E-state index contributed by atoms with van der Waals surface area (Å²) in [6.45, 7) is 12.7. The van der Waals surface area contributed by atoms with E-state index in [2.05, 4.69) is 40.7 Å². The molecule has 0 aromatic rings. The average molecular weight is 507 g/mol. The summed E-state index contributed by atoms with van der Waals surface area (Å²) in [4.78, 5) is 0. The zero-order valence-corrected chi connectivity index (χ0v) is 23.2. The van der Waals surface area contributed by atoms with E-state index in [-0.39, 0.29) is 40.3 Å². The first-order valence-electron chi connectivity index (χ1n) is 14.2. The van der Waals surface area contributed by atoms with Crippen molar-refractivity contribution < 1.29 is 30.6 Å². The molecule has 0 radical (unpaired) electrons. The second kappa shape index (κ2) is 8.02. The summed E-state index contributed by atoms with van der Waals surface area (Å²) < 4.78 is 0. The van der Waals surface area contributed by atoms with Gasteiger partial charge in [0.15, 0.2) is 0 Å². The molecule has 0 aromatic heterocycles. The van der Waals surface area contributed by atoms with Gasteiger partial charge in [-0.15, -0.1) is 0 Å². The summed E-state index contributed by atoms with van der Waals surface area (Å²) >= 11 is 0. The molecule has 6 nitrogen and oxygen atoms in total. The van der Waals surface area contributed by atoms with Crippen LogP contribution in [0.3, 0.4) is 0 Å². The lowest BCUT2D eigenvalue weighted by molar-refractivity contribution is -0.262. The molecule has 0 spiro atoms. The molecule has 0 heterocycles. The minimum absolute atomic E-state index is 0.0825.